The molecule has 1 aliphatic heterocycles. The fourth-order valence-electron chi connectivity index (χ4n) is 3.88. The number of sulfonamides is 1. The molecule has 9 heteroatoms. The summed E-state index contributed by atoms with van der Waals surface area (Å²) in [4.78, 5) is 12.5. The van der Waals surface area contributed by atoms with Crippen molar-refractivity contribution in [2.75, 3.05) is 13.1 Å². The van der Waals surface area contributed by atoms with Crippen LogP contribution in [0.1, 0.15) is 38.5 Å². The molecule has 2 aromatic rings. The molecule has 1 saturated heterocycles. The number of hydrogen-bond donors (Lipinski definition) is 1. The van der Waals surface area contributed by atoms with E-state index in [4.69, 9.17) is 0 Å². The van der Waals surface area contributed by atoms with E-state index in [0.29, 0.717) is 37.5 Å². The van der Waals surface area contributed by atoms with Crippen LogP contribution in [0.3, 0.4) is 0 Å². The second-order valence-corrected chi connectivity index (χ2v) is 8.96. The minimum absolute atomic E-state index is 0.0664. The standard InChI is InChI=1S/C17H22N4O4S/c22-17(18-13-4-1-2-5-13)12-8-10-21(11-9-12)26(23,24)15-7-3-6-14-16(15)20-25-19-14/h3,6-7,12-13H,1-2,4-5,8-11H2,(H,18,22). The highest BCUT2D eigenvalue weighted by Crippen LogP contribution is 2.28. The zero-order chi connectivity index (χ0) is 18.1. The summed E-state index contributed by atoms with van der Waals surface area (Å²) in [6.07, 6.45) is 5.51. The Morgan fingerprint density at radius 2 is 1.85 bits per heavy atom. The number of nitrogens with zero attached hydrogens (tertiary/aromatic N) is 3. The lowest BCUT2D eigenvalue weighted by Gasteiger charge is -2.31. The van der Waals surface area contributed by atoms with Gasteiger partial charge >= 0.3 is 0 Å². The minimum atomic E-state index is -3.69. The van der Waals surface area contributed by atoms with Gasteiger partial charge in [-0.3, -0.25) is 4.79 Å². The van der Waals surface area contributed by atoms with Gasteiger partial charge in [0.1, 0.15) is 10.4 Å². The van der Waals surface area contributed by atoms with Gasteiger partial charge in [-0.15, -0.1) is 0 Å². The quantitative estimate of drug-likeness (QED) is 0.868. The Hall–Kier alpha value is -2.00. The molecule has 1 saturated carbocycles. The van der Waals surface area contributed by atoms with Gasteiger partial charge in [0.2, 0.25) is 15.9 Å². The van der Waals surface area contributed by atoms with Crippen molar-refractivity contribution in [1.29, 1.82) is 0 Å². The van der Waals surface area contributed by atoms with E-state index >= 15 is 0 Å². The van der Waals surface area contributed by atoms with E-state index < -0.39 is 10.0 Å². The van der Waals surface area contributed by atoms with Crippen LogP contribution < -0.4 is 5.32 Å². The predicted octanol–water partition coefficient (Wildman–Crippen LogP) is 1.68. The van der Waals surface area contributed by atoms with E-state index in [1.807, 2.05) is 0 Å². The normalized spacial score (nSPS) is 20.6. The second kappa shape index (κ2) is 6.96. The van der Waals surface area contributed by atoms with E-state index in [1.165, 1.54) is 23.2 Å². The largest absolute Gasteiger partial charge is 0.353 e. The molecule has 26 heavy (non-hydrogen) atoms. The summed E-state index contributed by atoms with van der Waals surface area (Å²) in [5.41, 5.74) is 0.658. The molecule has 2 heterocycles. The van der Waals surface area contributed by atoms with Crippen LogP contribution in [0.2, 0.25) is 0 Å². The van der Waals surface area contributed by atoms with Gasteiger partial charge in [-0.25, -0.2) is 13.0 Å². The van der Waals surface area contributed by atoms with Gasteiger partial charge < -0.3 is 5.32 Å². The lowest BCUT2D eigenvalue weighted by molar-refractivity contribution is -0.126. The summed E-state index contributed by atoms with van der Waals surface area (Å²) >= 11 is 0. The van der Waals surface area contributed by atoms with Gasteiger partial charge in [-0.1, -0.05) is 18.9 Å². The molecule has 0 radical (unpaired) electrons. The first-order chi connectivity index (χ1) is 12.6. The number of amides is 1. The molecule has 0 spiro atoms. The Kier molecular flexibility index (Phi) is 4.66. The van der Waals surface area contributed by atoms with Gasteiger partial charge in [-0.05, 0) is 48.1 Å². The third kappa shape index (κ3) is 3.21. The Morgan fingerprint density at radius 1 is 1.12 bits per heavy atom. The van der Waals surface area contributed by atoms with Crippen molar-refractivity contribution < 1.29 is 17.8 Å². The zero-order valence-electron chi connectivity index (χ0n) is 14.4. The fraction of sp³-hybridized carbons (Fsp3) is 0.588. The summed E-state index contributed by atoms with van der Waals surface area (Å²) in [6.45, 7) is 0.652. The van der Waals surface area contributed by atoms with Crippen molar-refractivity contribution >= 4 is 27.0 Å². The number of rotatable bonds is 4. The molecule has 0 atom stereocenters. The van der Waals surface area contributed by atoms with Crippen LogP contribution in [0.5, 0.6) is 0 Å². The molecule has 0 unspecified atom stereocenters. The number of benzene rings is 1. The first-order valence-electron chi connectivity index (χ1n) is 9.07. The van der Waals surface area contributed by atoms with Crippen molar-refractivity contribution in [2.45, 2.75) is 49.5 Å². The smallest absolute Gasteiger partial charge is 0.245 e. The maximum Gasteiger partial charge on any atom is 0.245 e. The van der Waals surface area contributed by atoms with Crippen molar-refractivity contribution in [3.8, 4) is 0 Å². The van der Waals surface area contributed by atoms with E-state index in [0.717, 1.165) is 12.8 Å². The zero-order valence-corrected chi connectivity index (χ0v) is 15.2. The molecular weight excluding hydrogens is 356 g/mol. The summed E-state index contributed by atoms with van der Waals surface area (Å²) in [6, 6.07) is 5.09. The maximum absolute atomic E-state index is 13.0. The average Bonchev–Trinajstić information content (AvgIpc) is 3.32. The van der Waals surface area contributed by atoms with E-state index in [9.17, 15) is 13.2 Å². The average molecular weight is 378 g/mol. The van der Waals surface area contributed by atoms with Crippen LogP contribution in [0.25, 0.3) is 11.0 Å². The number of fused-ring (bicyclic) bond motifs is 1. The molecule has 4 rings (SSSR count). The number of hydrogen-bond acceptors (Lipinski definition) is 6. The second-order valence-electron chi connectivity index (χ2n) is 7.06. The molecule has 1 aliphatic carbocycles. The van der Waals surface area contributed by atoms with Gasteiger partial charge in [0, 0.05) is 25.0 Å². The molecule has 0 bridgehead atoms. The first-order valence-corrected chi connectivity index (χ1v) is 10.5. The van der Waals surface area contributed by atoms with Crippen molar-refractivity contribution in [2.24, 2.45) is 5.92 Å². The Bertz CT molecular complexity index is 896. The summed E-state index contributed by atoms with van der Waals surface area (Å²) in [5, 5.41) is 10.5. The summed E-state index contributed by atoms with van der Waals surface area (Å²) in [7, 11) is -3.69. The van der Waals surface area contributed by atoms with Crippen LogP contribution in [0.4, 0.5) is 0 Å². The van der Waals surface area contributed by atoms with Crippen molar-refractivity contribution in [1.82, 2.24) is 19.9 Å². The van der Waals surface area contributed by atoms with Crippen LogP contribution in [-0.2, 0) is 14.8 Å². The van der Waals surface area contributed by atoms with Gasteiger partial charge in [0.05, 0.1) is 0 Å². The van der Waals surface area contributed by atoms with Gasteiger partial charge in [-0.2, -0.15) is 4.31 Å². The molecule has 1 aromatic carbocycles. The monoisotopic (exact) mass is 378 g/mol. The highest BCUT2D eigenvalue weighted by Gasteiger charge is 2.34. The predicted molar refractivity (Wildman–Crippen MR) is 93.7 cm³/mol. The molecule has 2 fully saturated rings. The number of nitrogens with one attached hydrogen (secondary N) is 1. The summed E-state index contributed by atoms with van der Waals surface area (Å²) < 4.78 is 32.0. The SMILES string of the molecule is O=C(NC1CCCC1)C1CCN(S(=O)(=O)c2cccc3nonc23)CC1. The molecule has 1 amide bonds. The van der Waals surface area contributed by atoms with Crippen molar-refractivity contribution in [3.05, 3.63) is 18.2 Å². The number of carbonyl (C=O) groups is 1. The number of aromatic nitrogens is 2. The number of carbonyl (C=O) groups excluding carboxylic acids is 1. The highest BCUT2D eigenvalue weighted by molar-refractivity contribution is 7.89. The van der Waals surface area contributed by atoms with Crippen molar-refractivity contribution in [3.63, 3.8) is 0 Å². The first kappa shape index (κ1) is 17.4. The lowest BCUT2D eigenvalue weighted by Crippen LogP contribution is -2.44. The van der Waals surface area contributed by atoms with Gasteiger partial charge in [0.25, 0.3) is 0 Å². The van der Waals surface area contributed by atoms with Gasteiger partial charge in [0.15, 0.2) is 5.52 Å². The molecule has 140 valence electrons. The molecule has 2 aliphatic rings. The summed E-state index contributed by atoms with van der Waals surface area (Å²) in [5.74, 6) is -0.0525. The van der Waals surface area contributed by atoms with Crippen LogP contribution >= 0.6 is 0 Å². The topological polar surface area (TPSA) is 105 Å². The Labute approximate surface area is 151 Å². The highest BCUT2D eigenvalue weighted by atomic mass is 32.2. The molecule has 1 aromatic heterocycles. The third-order valence-electron chi connectivity index (χ3n) is 5.39. The van der Waals surface area contributed by atoms with Crippen LogP contribution in [0.15, 0.2) is 27.7 Å². The molecular formula is C17H22N4O4S. The van der Waals surface area contributed by atoms with E-state index in [-0.39, 0.29) is 22.2 Å². The fourth-order valence-corrected chi connectivity index (χ4v) is 5.48. The number of piperidine rings is 1. The maximum atomic E-state index is 13.0. The Balaban J connectivity index is 1.44. The van der Waals surface area contributed by atoms with Crippen LogP contribution in [0, 0.1) is 5.92 Å². The minimum Gasteiger partial charge on any atom is -0.353 e. The third-order valence-corrected chi connectivity index (χ3v) is 7.32. The molecule has 8 nitrogen and oxygen atoms in total. The van der Waals surface area contributed by atoms with Crippen LogP contribution in [-0.4, -0.2) is 48.1 Å². The lowest BCUT2D eigenvalue weighted by atomic mass is 9.97. The van der Waals surface area contributed by atoms with E-state index in [2.05, 4.69) is 20.3 Å². The van der Waals surface area contributed by atoms with E-state index in [1.54, 1.807) is 12.1 Å². The molecule has 1 N–H and O–H groups in total. The Morgan fingerprint density at radius 3 is 2.58 bits per heavy atom.